The Kier molecular flexibility index (Phi) is 5.72. The second kappa shape index (κ2) is 5.98. The van der Waals surface area contributed by atoms with Crippen molar-refractivity contribution in [2.45, 2.75) is 45.8 Å². The molecule has 3 N–H and O–H groups in total. The molecule has 1 amide bonds. The predicted molar refractivity (Wildman–Crippen MR) is 57.1 cm³/mol. The smallest absolute Gasteiger partial charge is 0.234 e. The third kappa shape index (κ3) is 9.48. The van der Waals surface area contributed by atoms with Crippen molar-refractivity contribution in [1.82, 2.24) is 10.6 Å². The van der Waals surface area contributed by atoms with E-state index in [1.165, 1.54) is 0 Å². The highest BCUT2D eigenvalue weighted by Gasteiger charge is 2.12. The Morgan fingerprint density at radius 3 is 2.43 bits per heavy atom. The lowest BCUT2D eigenvalue weighted by molar-refractivity contribution is -0.121. The molecular weight excluding hydrogens is 180 g/mol. The summed E-state index contributed by atoms with van der Waals surface area (Å²) in [5, 5.41) is 14.8. The van der Waals surface area contributed by atoms with Crippen molar-refractivity contribution in [3.8, 4) is 0 Å². The molecule has 0 spiro atoms. The average molecular weight is 202 g/mol. The van der Waals surface area contributed by atoms with Crippen LogP contribution in [0.3, 0.4) is 0 Å². The fraction of sp³-hybridized carbons (Fsp3) is 0.900. The van der Waals surface area contributed by atoms with Gasteiger partial charge in [-0.25, -0.2) is 0 Å². The Balaban J connectivity index is 3.46. The van der Waals surface area contributed by atoms with Gasteiger partial charge in [0, 0.05) is 5.54 Å². The molecule has 0 aromatic rings. The third-order valence-corrected chi connectivity index (χ3v) is 1.54. The first kappa shape index (κ1) is 13.4. The van der Waals surface area contributed by atoms with Crippen LogP contribution in [0.2, 0.25) is 0 Å². The SMILES string of the molecule is CC(O)CCNCC(=O)NC(C)(C)C. The maximum absolute atomic E-state index is 11.3. The first-order valence-electron chi connectivity index (χ1n) is 5.01. The van der Waals surface area contributed by atoms with Gasteiger partial charge >= 0.3 is 0 Å². The molecule has 0 aliphatic carbocycles. The number of hydrogen-bond acceptors (Lipinski definition) is 3. The van der Waals surface area contributed by atoms with Crippen LogP contribution in [0.4, 0.5) is 0 Å². The number of rotatable bonds is 5. The Labute approximate surface area is 86.1 Å². The van der Waals surface area contributed by atoms with E-state index < -0.39 is 0 Å². The molecule has 4 heteroatoms. The lowest BCUT2D eigenvalue weighted by Crippen LogP contribution is -2.45. The van der Waals surface area contributed by atoms with Crippen LogP contribution in [-0.2, 0) is 4.79 Å². The summed E-state index contributed by atoms with van der Waals surface area (Å²) in [6, 6.07) is 0. The Morgan fingerprint density at radius 1 is 1.43 bits per heavy atom. The van der Waals surface area contributed by atoms with Crippen LogP contribution in [0.1, 0.15) is 34.1 Å². The first-order valence-corrected chi connectivity index (χ1v) is 5.01. The summed E-state index contributed by atoms with van der Waals surface area (Å²) in [5.41, 5.74) is -0.178. The van der Waals surface area contributed by atoms with Gasteiger partial charge in [-0.3, -0.25) is 4.79 Å². The molecule has 84 valence electrons. The molecule has 4 nitrogen and oxygen atoms in total. The lowest BCUT2D eigenvalue weighted by atomic mass is 10.1. The van der Waals surface area contributed by atoms with Crippen LogP contribution in [-0.4, -0.2) is 35.7 Å². The van der Waals surface area contributed by atoms with Gasteiger partial charge in [0.1, 0.15) is 0 Å². The molecule has 0 heterocycles. The minimum absolute atomic E-state index is 0.0110. The Bertz CT molecular complexity index is 173. The first-order chi connectivity index (χ1) is 6.31. The van der Waals surface area contributed by atoms with Gasteiger partial charge in [0.2, 0.25) is 5.91 Å². The van der Waals surface area contributed by atoms with Crippen molar-refractivity contribution in [2.24, 2.45) is 0 Å². The maximum Gasteiger partial charge on any atom is 0.234 e. The van der Waals surface area contributed by atoms with E-state index in [0.29, 0.717) is 19.5 Å². The monoisotopic (exact) mass is 202 g/mol. The van der Waals surface area contributed by atoms with Crippen molar-refractivity contribution in [3.63, 3.8) is 0 Å². The second-order valence-electron chi connectivity index (χ2n) is 4.61. The third-order valence-electron chi connectivity index (χ3n) is 1.54. The summed E-state index contributed by atoms with van der Waals surface area (Å²) in [6.07, 6.45) is 0.358. The van der Waals surface area contributed by atoms with Gasteiger partial charge in [-0.15, -0.1) is 0 Å². The van der Waals surface area contributed by atoms with Crippen molar-refractivity contribution in [3.05, 3.63) is 0 Å². The van der Waals surface area contributed by atoms with Gasteiger partial charge in [-0.05, 0) is 40.7 Å². The molecule has 14 heavy (non-hydrogen) atoms. The summed E-state index contributed by atoms with van der Waals surface area (Å²) in [6.45, 7) is 8.54. The normalized spacial score (nSPS) is 13.8. The van der Waals surface area contributed by atoms with Gasteiger partial charge in [0.25, 0.3) is 0 Å². The molecule has 0 aliphatic heterocycles. The fourth-order valence-electron chi connectivity index (χ4n) is 0.975. The van der Waals surface area contributed by atoms with E-state index >= 15 is 0 Å². The van der Waals surface area contributed by atoms with E-state index in [9.17, 15) is 4.79 Å². The molecule has 1 atom stereocenters. The topological polar surface area (TPSA) is 61.4 Å². The lowest BCUT2D eigenvalue weighted by Gasteiger charge is -2.20. The summed E-state index contributed by atoms with van der Waals surface area (Å²) >= 11 is 0. The van der Waals surface area contributed by atoms with Gasteiger partial charge < -0.3 is 15.7 Å². The van der Waals surface area contributed by atoms with E-state index in [2.05, 4.69) is 10.6 Å². The largest absolute Gasteiger partial charge is 0.393 e. The summed E-state index contributed by atoms with van der Waals surface area (Å²) in [7, 11) is 0. The molecule has 0 bridgehead atoms. The zero-order valence-electron chi connectivity index (χ0n) is 9.55. The minimum atomic E-state index is -0.312. The standard InChI is InChI=1S/C10H22N2O2/c1-8(13)5-6-11-7-9(14)12-10(2,3)4/h8,11,13H,5-7H2,1-4H3,(H,12,14). The molecule has 0 saturated heterocycles. The highest BCUT2D eigenvalue weighted by Crippen LogP contribution is 1.97. The fourth-order valence-corrected chi connectivity index (χ4v) is 0.975. The van der Waals surface area contributed by atoms with Crippen molar-refractivity contribution >= 4 is 5.91 Å². The number of carbonyl (C=O) groups excluding carboxylic acids is 1. The van der Waals surface area contributed by atoms with Crippen LogP contribution in [0.5, 0.6) is 0 Å². The van der Waals surface area contributed by atoms with Crippen LogP contribution in [0, 0.1) is 0 Å². The second-order valence-corrected chi connectivity index (χ2v) is 4.61. The summed E-state index contributed by atoms with van der Waals surface area (Å²) in [5.74, 6) is -0.0110. The number of aliphatic hydroxyl groups is 1. The Hall–Kier alpha value is -0.610. The molecule has 0 aromatic heterocycles. The number of hydrogen-bond donors (Lipinski definition) is 3. The highest BCUT2D eigenvalue weighted by atomic mass is 16.3. The quantitative estimate of drug-likeness (QED) is 0.560. The molecule has 1 unspecified atom stereocenters. The van der Waals surface area contributed by atoms with Crippen LogP contribution in [0.25, 0.3) is 0 Å². The van der Waals surface area contributed by atoms with Crippen LogP contribution >= 0.6 is 0 Å². The van der Waals surface area contributed by atoms with Gasteiger partial charge in [-0.1, -0.05) is 0 Å². The minimum Gasteiger partial charge on any atom is -0.393 e. The van der Waals surface area contributed by atoms with Gasteiger partial charge in [-0.2, -0.15) is 0 Å². The van der Waals surface area contributed by atoms with Crippen LogP contribution in [0.15, 0.2) is 0 Å². The molecule has 0 saturated carbocycles. The van der Waals surface area contributed by atoms with Crippen molar-refractivity contribution < 1.29 is 9.90 Å². The number of carbonyl (C=O) groups is 1. The van der Waals surface area contributed by atoms with E-state index in [-0.39, 0.29) is 17.6 Å². The average Bonchev–Trinajstić information content (AvgIpc) is 1.94. The Morgan fingerprint density at radius 2 is 2.00 bits per heavy atom. The van der Waals surface area contributed by atoms with Crippen LogP contribution < -0.4 is 10.6 Å². The van der Waals surface area contributed by atoms with Crippen molar-refractivity contribution in [1.29, 1.82) is 0 Å². The zero-order chi connectivity index (χ0) is 11.2. The number of aliphatic hydroxyl groups excluding tert-OH is 1. The predicted octanol–water partition coefficient (Wildman–Crippen LogP) is 0.262. The van der Waals surface area contributed by atoms with Gasteiger partial charge in [0.05, 0.1) is 12.6 Å². The zero-order valence-corrected chi connectivity index (χ0v) is 9.55. The van der Waals surface area contributed by atoms with E-state index in [0.717, 1.165) is 0 Å². The number of nitrogens with one attached hydrogen (secondary N) is 2. The van der Waals surface area contributed by atoms with E-state index in [1.54, 1.807) is 6.92 Å². The van der Waals surface area contributed by atoms with E-state index in [4.69, 9.17) is 5.11 Å². The van der Waals surface area contributed by atoms with Gasteiger partial charge in [0.15, 0.2) is 0 Å². The van der Waals surface area contributed by atoms with Crippen molar-refractivity contribution in [2.75, 3.05) is 13.1 Å². The highest BCUT2D eigenvalue weighted by molar-refractivity contribution is 5.78. The molecule has 0 rings (SSSR count). The molecule has 0 aromatic carbocycles. The molecule has 0 fully saturated rings. The summed E-state index contributed by atoms with van der Waals surface area (Å²) in [4.78, 5) is 11.3. The number of amides is 1. The van der Waals surface area contributed by atoms with E-state index in [1.807, 2.05) is 20.8 Å². The maximum atomic E-state index is 11.3. The molecular formula is C10H22N2O2. The molecule has 0 aliphatic rings. The summed E-state index contributed by atoms with van der Waals surface area (Å²) < 4.78 is 0. The molecule has 0 radical (unpaired) electrons.